The highest BCUT2D eigenvalue weighted by Gasteiger charge is 2.19. The van der Waals surface area contributed by atoms with Crippen LogP contribution in [0.2, 0.25) is 0 Å². The van der Waals surface area contributed by atoms with Crippen molar-refractivity contribution in [1.82, 2.24) is 0 Å². The summed E-state index contributed by atoms with van der Waals surface area (Å²) in [6.07, 6.45) is 2.00. The summed E-state index contributed by atoms with van der Waals surface area (Å²) in [7, 11) is 0. The van der Waals surface area contributed by atoms with E-state index in [1.807, 2.05) is 0 Å². The van der Waals surface area contributed by atoms with Crippen molar-refractivity contribution < 1.29 is 0 Å². The Morgan fingerprint density at radius 3 is 1.96 bits per heavy atom. The molecule has 0 heterocycles. The topological polar surface area (TPSA) is 52.0 Å². The molecule has 0 fully saturated rings. The first-order chi connectivity index (χ1) is 12.2. The molecule has 122 valence electrons. The van der Waals surface area contributed by atoms with E-state index in [1.54, 1.807) is 0 Å². The van der Waals surface area contributed by atoms with Crippen LogP contribution in [-0.4, -0.2) is 0 Å². The monoisotopic (exact) mass is 324 g/mol. The summed E-state index contributed by atoms with van der Waals surface area (Å²) in [5.41, 5.74) is 15.8. The highest BCUT2D eigenvalue weighted by molar-refractivity contribution is 6.36. The van der Waals surface area contributed by atoms with Gasteiger partial charge in [0.15, 0.2) is 0 Å². The molecule has 0 atom stereocenters. The highest BCUT2D eigenvalue weighted by atomic mass is 14.7. The number of aryl methyl sites for hydroxylation is 1. The summed E-state index contributed by atoms with van der Waals surface area (Å²) in [4.78, 5) is 0. The lowest BCUT2D eigenvalue weighted by Crippen LogP contribution is -2.03. The first-order valence-corrected chi connectivity index (χ1v) is 8.87. The molecular weight excluding hydrogens is 304 g/mol. The van der Waals surface area contributed by atoms with Gasteiger partial charge in [0, 0.05) is 5.39 Å². The molecule has 2 nitrogen and oxygen atoms in total. The molecule has 0 bridgehead atoms. The molecule has 0 aromatic heterocycles. The Balaban J connectivity index is 2.20. The zero-order chi connectivity index (χ0) is 17.1. The summed E-state index contributed by atoms with van der Waals surface area (Å²) in [6, 6.07) is 19.5. The van der Waals surface area contributed by atoms with Crippen molar-refractivity contribution in [3.63, 3.8) is 0 Å². The molecule has 0 amide bonds. The van der Waals surface area contributed by atoms with Gasteiger partial charge in [-0.25, -0.2) is 0 Å². The fourth-order valence-electron chi connectivity index (χ4n) is 4.45. The number of benzene rings is 5. The van der Waals surface area contributed by atoms with Gasteiger partial charge in [0.1, 0.15) is 0 Å². The van der Waals surface area contributed by atoms with Gasteiger partial charge >= 0.3 is 0 Å². The van der Waals surface area contributed by atoms with Crippen LogP contribution >= 0.6 is 0 Å². The van der Waals surface area contributed by atoms with Crippen LogP contribution in [0.1, 0.15) is 18.9 Å². The molecule has 0 spiro atoms. The maximum absolute atomic E-state index is 6.60. The molecule has 2 heteroatoms. The van der Waals surface area contributed by atoms with Crippen molar-refractivity contribution in [3.05, 3.63) is 60.2 Å². The fraction of sp³-hybridized carbons (Fsp3) is 0.130. The fourth-order valence-corrected chi connectivity index (χ4v) is 4.45. The van der Waals surface area contributed by atoms with Crippen molar-refractivity contribution in [2.75, 3.05) is 11.5 Å². The number of hydrogen-bond acceptors (Lipinski definition) is 2. The van der Waals surface area contributed by atoms with E-state index in [4.69, 9.17) is 11.5 Å². The normalized spacial score (nSPS) is 12.0. The van der Waals surface area contributed by atoms with E-state index in [1.165, 1.54) is 43.3 Å². The SMILES string of the molecule is CCCc1c(N)c(N)c2c3cccc4cccc(c5cccc1c52)c43. The Kier molecular flexibility index (Phi) is 2.87. The average molecular weight is 324 g/mol. The zero-order valence-corrected chi connectivity index (χ0v) is 14.3. The van der Waals surface area contributed by atoms with Gasteiger partial charge in [0.25, 0.3) is 0 Å². The van der Waals surface area contributed by atoms with E-state index in [0.717, 1.165) is 29.6 Å². The van der Waals surface area contributed by atoms with Crippen LogP contribution in [0.3, 0.4) is 0 Å². The number of nitrogen functional groups attached to an aromatic ring is 2. The second-order valence-corrected chi connectivity index (χ2v) is 6.87. The van der Waals surface area contributed by atoms with E-state index in [0.29, 0.717) is 0 Å². The molecule has 0 aliphatic carbocycles. The Morgan fingerprint density at radius 1 is 0.640 bits per heavy atom. The van der Waals surface area contributed by atoms with E-state index in [2.05, 4.69) is 61.5 Å². The number of rotatable bonds is 2. The maximum atomic E-state index is 6.60. The quantitative estimate of drug-likeness (QED) is 0.243. The lowest BCUT2D eigenvalue weighted by atomic mass is 9.86. The summed E-state index contributed by atoms with van der Waals surface area (Å²) < 4.78 is 0. The van der Waals surface area contributed by atoms with Crippen molar-refractivity contribution in [3.8, 4) is 0 Å². The maximum Gasteiger partial charge on any atom is 0.0637 e. The molecule has 0 unspecified atom stereocenters. The van der Waals surface area contributed by atoms with Crippen LogP contribution in [-0.2, 0) is 6.42 Å². The minimum Gasteiger partial charge on any atom is -0.397 e. The van der Waals surface area contributed by atoms with Crippen LogP contribution in [0.15, 0.2) is 54.6 Å². The Bertz CT molecular complexity index is 1260. The van der Waals surface area contributed by atoms with Crippen molar-refractivity contribution in [1.29, 1.82) is 0 Å². The van der Waals surface area contributed by atoms with Crippen LogP contribution < -0.4 is 11.5 Å². The summed E-state index contributed by atoms with van der Waals surface area (Å²) >= 11 is 0. The van der Waals surface area contributed by atoms with Gasteiger partial charge in [0.2, 0.25) is 0 Å². The zero-order valence-electron chi connectivity index (χ0n) is 14.3. The van der Waals surface area contributed by atoms with Crippen molar-refractivity contribution in [2.45, 2.75) is 19.8 Å². The third-order valence-corrected chi connectivity index (χ3v) is 5.49. The van der Waals surface area contributed by atoms with E-state index < -0.39 is 0 Å². The average Bonchev–Trinajstić information content (AvgIpc) is 2.65. The second-order valence-electron chi connectivity index (χ2n) is 6.87. The molecule has 5 aromatic rings. The van der Waals surface area contributed by atoms with Gasteiger partial charge in [0.05, 0.1) is 11.4 Å². The molecular formula is C23H20N2. The van der Waals surface area contributed by atoms with Crippen LogP contribution in [0.4, 0.5) is 11.4 Å². The molecule has 4 N–H and O–H groups in total. The number of anilines is 2. The molecule has 0 aliphatic heterocycles. The summed E-state index contributed by atoms with van der Waals surface area (Å²) in [5, 5.41) is 9.87. The van der Waals surface area contributed by atoms with Gasteiger partial charge in [-0.15, -0.1) is 0 Å². The molecule has 5 rings (SSSR count). The van der Waals surface area contributed by atoms with Gasteiger partial charge < -0.3 is 11.5 Å². The first kappa shape index (κ1) is 14.4. The first-order valence-electron chi connectivity index (χ1n) is 8.87. The van der Waals surface area contributed by atoms with Crippen LogP contribution in [0.25, 0.3) is 43.1 Å². The largest absolute Gasteiger partial charge is 0.397 e. The molecule has 0 saturated heterocycles. The Hall–Kier alpha value is -3.00. The minimum atomic E-state index is 0.727. The van der Waals surface area contributed by atoms with E-state index in [9.17, 15) is 0 Å². The molecule has 25 heavy (non-hydrogen) atoms. The van der Waals surface area contributed by atoms with Gasteiger partial charge in [-0.05, 0) is 49.7 Å². The predicted molar refractivity (Wildman–Crippen MR) is 110 cm³/mol. The minimum absolute atomic E-state index is 0.727. The van der Waals surface area contributed by atoms with Gasteiger partial charge in [-0.2, -0.15) is 0 Å². The highest BCUT2D eigenvalue weighted by Crippen LogP contribution is 2.46. The number of hydrogen-bond donors (Lipinski definition) is 2. The van der Waals surface area contributed by atoms with Crippen LogP contribution in [0, 0.1) is 0 Å². The number of fused-ring (bicyclic) bond motifs is 2. The van der Waals surface area contributed by atoms with E-state index in [-0.39, 0.29) is 0 Å². The van der Waals surface area contributed by atoms with Crippen LogP contribution in [0.5, 0.6) is 0 Å². The Morgan fingerprint density at radius 2 is 1.24 bits per heavy atom. The third kappa shape index (κ3) is 1.74. The third-order valence-electron chi connectivity index (χ3n) is 5.49. The molecule has 0 radical (unpaired) electrons. The van der Waals surface area contributed by atoms with Gasteiger partial charge in [-0.1, -0.05) is 67.9 Å². The lowest BCUT2D eigenvalue weighted by Gasteiger charge is -2.20. The van der Waals surface area contributed by atoms with Crippen molar-refractivity contribution in [2.24, 2.45) is 0 Å². The van der Waals surface area contributed by atoms with Gasteiger partial charge in [-0.3, -0.25) is 0 Å². The molecule has 5 aromatic carbocycles. The number of nitrogens with two attached hydrogens (primary N) is 2. The lowest BCUT2D eigenvalue weighted by molar-refractivity contribution is 0.932. The smallest absolute Gasteiger partial charge is 0.0637 e. The Labute approximate surface area is 146 Å². The standard InChI is InChI=1S/C23H20N2/c1-2-6-17-16-11-5-10-15-14-9-3-7-13-8-4-12-18(19(13)14)21(20(15)16)23(25)22(17)24/h3-5,7-12H,2,6,24-25H2,1H3. The van der Waals surface area contributed by atoms with Crippen molar-refractivity contribution >= 4 is 54.5 Å². The second kappa shape index (κ2) is 5.00. The molecule has 0 saturated carbocycles. The molecule has 0 aliphatic rings. The summed E-state index contributed by atoms with van der Waals surface area (Å²) in [6.45, 7) is 2.18. The van der Waals surface area contributed by atoms with E-state index >= 15 is 0 Å². The predicted octanol–water partition coefficient (Wildman–Crippen LogP) is 5.85. The summed E-state index contributed by atoms with van der Waals surface area (Å²) in [5.74, 6) is 0.